The Bertz CT molecular complexity index is 588. The van der Waals surface area contributed by atoms with Crippen LogP contribution in [0.1, 0.15) is 31.2 Å². The molecule has 3 rings (SSSR count). The maximum Gasteiger partial charge on any atom is 0.208 e. The van der Waals surface area contributed by atoms with E-state index in [1.807, 2.05) is 0 Å². The van der Waals surface area contributed by atoms with E-state index in [1.54, 1.807) is 11.3 Å². The molecule has 1 aromatic heterocycles. The van der Waals surface area contributed by atoms with Crippen molar-refractivity contribution in [2.75, 3.05) is 25.9 Å². The number of thiophene rings is 1. The molecular weight excluding hydrogens is 320 g/mol. The fraction of sp³-hybridized carbons (Fsp3) is 0.733. The summed E-state index contributed by atoms with van der Waals surface area (Å²) in [5.41, 5.74) is 1.30. The first-order valence-corrected chi connectivity index (χ1v) is 10.6. The molecule has 2 atom stereocenters. The van der Waals surface area contributed by atoms with Gasteiger partial charge in [0.2, 0.25) is 10.0 Å². The van der Waals surface area contributed by atoms with E-state index in [4.69, 9.17) is 4.74 Å². The molecule has 2 aliphatic rings. The predicted octanol–water partition coefficient (Wildman–Crippen LogP) is 1.81. The molecule has 1 aromatic rings. The van der Waals surface area contributed by atoms with Gasteiger partial charge < -0.3 is 4.74 Å². The highest BCUT2D eigenvalue weighted by Crippen LogP contribution is 2.37. The van der Waals surface area contributed by atoms with Gasteiger partial charge in [-0.05, 0) is 48.1 Å². The smallest absolute Gasteiger partial charge is 0.208 e. The van der Waals surface area contributed by atoms with Crippen molar-refractivity contribution in [3.8, 4) is 0 Å². The molecule has 5 nitrogen and oxygen atoms in total. The van der Waals surface area contributed by atoms with Crippen LogP contribution in [0.3, 0.4) is 0 Å². The average Bonchev–Trinajstić information content (AvgIpc) is 3.08. The van der Waals surface area contributed by atoms with E-state index in [2.05, 4.69) is 26.4 Å². The molecule has 0 amide bonds. The number of ether oxygens (including phenoxy) is 1. The maximum atomic E-state index is 11.2. The van der Waals surface area contributed by atoms with Crippen LogP contribution in [-0.2, 0) is 21.3 Å². The van der Waals surface area contributed by atoms with Crippen LogP contribution in [-0.4, -0.2) is 50.9 Å². The molecule has 0 bridgehead atoms. The molecule has 2 saturated heterocycles. The monoisotopic (exact) mass is 344 g/mol. The Balaban J connectivity index is 1.55. The highest BCUT2D eigenvalue weighted by Gasteiger charge is 2.42. The summed E-state index contributed by atoms with van der Waals surface area (Å²) in [6.07, 6.45) is 5.39. The van der Waals surface area contributed by atoms with Gasteiger partial charge in [0.1, 0.15) is 0 Å². The lowest BCUT2D eigenvalue weighted by Crippen LogP contribution is -2.46. The molecule has 22 heavy (non-hydrogen) atoms. The predicted molar refractivity (Wildman–Crippen MR) is 88.5 cm³/mol. The van der Waals surface area contributed by atoms with Gasteiger partial charge in [-0.2, -0.15) is 11.3 Å². The SMILES string of the molecule is CS(=O)(=O)NC[C@H]1CCC[C@]2(CCN(Cc3ccsc3)C2)O1. The Labute approximate surface area is 136 Å². The first-order chi connectivity index (χ1) is 10.4. The van der Waals surface area contributed by atoms with Crippen molar-refractivity contribution in [1.82, 2.24) is 9.62 Å². The molecular formula is C15H24N2O3S2. The standard InChI is InChI=1S/C15H24N2O3S2/c1-22(18,19)16-9-14-3-2-5-15(20-14)6-7-17(12-15)10-13-4-8-21-11-13/h4,8,11,14,16H,2-3,5-7,9-10,12H2,1H3/t14-,15-/m1/s1. The van der Waals surface area contributed by atoms with Crippen molar-refractivity contribution in [2.24, 2.45) is 0 Å². The third kappa shape index (κ3) is 4.29. The first kappa shape index (κ1) is 16.4. The van der Waals surface area contributed by atoms with Gasteiger partial charge in [-0.1, -0.05) is 0 Å². The summed E-state index contributed by atoms with van der Waals surface area (Å²) in [7, 11) is -3.14. The summed E-state index contributed by atoms with van der Waals surface area (Å²) in [4.78, 5) is 2.45. The second-order valence-corrected chi connectivity index (χ2v) is 9.14. The summed E-state index contributed by atoms with van der Waals surface area (Å²) in [5.74, 6) is 0. The van der Waals surface area contributed by atoms with Crippen LogP contribution < -0.4 is 4.72 Å². The Morgan fingerprint density at radius 1 is 1.50 bits per heavy atom. The number of nitrogens with one attached hydrogen (secondary N) is 1. The molecule has 0 saturated carbocycles. The number of hydrogen-bond donors (Lipinski definition) is 1. The molecule has 0 radical (unpaired) electrons. The second-order valence-electron chi connectivity index (χ2n) is 6.53. The van der Waals surface area contributed by atoms with E-state index in [0.29, 0.717) is 6.54 Å². The lowest BCUT2D eigenvalue weighted by molar-refractivity contribution is -0.118. The van der Waals surface area contributed by atoms with Crippen LogP contribution in [0, 0.1) is 0 Å². The Morgan fingerprint density at radius 2 is 2.36 bits per heavy atom. The molecule has 2 aliphatic heterocycles. The van der Waals surface area contributed by atoms with E-state index in [-0.39, 0.29) is 11.7 Å². The van der Waals surface area contributed by atoms with Crippen molar-refractivity contribution >= 4 is 21.4 Å². The van der Waals surface area contributed by atoms with Crippen LogP contribution in [0.2, 0.25) is 0 Å². The van der Waals surface area contributed by atoms with Crippen molar-refractivity contribution in [1.29, 1.82) is 0 Å². The van der Waals surface area contributed by atoms with E-state index in [1.165, 1.54) is 11.8 Å². The maximum absolute atomic E-state index is 11.2. The van der Waals surface area contributed by atoms with Crippen LogP contribution in [0.15, 0.2) is 16.8 Å². The fourth-order valence-corrected chi connectivity index (χ4v) is 4.66. The molecule has 0 aromatic carbocycles. The number of rotatable bonds is 5. The van der Waals surface area contributed by atoms with E-state index in [9.17, 15) is 8.42 Å². The van der Waals surface area contributed by atoms with Gasteiger partial charge in [-0.3, -0.25) is 4.90 Å². The molecule has 1 N–H and O–H groups in total. The van der Waals surface area contributed by atoms with E-state index >= 15 is 0 Å². The lowest BCUT2D eigenvalue weighted by atomic mass is 9.90. The summed E-state index contributed by atoms with van der Waals surface area (Å²) in [5, 5.41) is 4.32. The number of likely N-dealkylation sites (tertiary alicyclic amines) is 1. The molecule has 0 aliphatic carbocycles. The lowest BCUT2D eigenvalue weighted by Gasteiger charge is -2.38. The zero-order chi connectivity index (χ0) is 15.6. The van der Waals surface area contributed by atoms with E-state index < -0.39 is 10.0 Å². The zero-order valence-corrected chi connectivity index (χ0v) is 14.6. The molecule has 124 valence electrons. The van der Waals surface area contributed by atoms with Gasteiger partial charge in [0, 0.05) is 26.2 Å². The summed E-state index contributed by atoms with van der Waals surface area (Å²) >= 11 is 1.74. The molecule has 7 heteroatoms. The first-order valence-electron chi connectivity index (χ1n) is 7.80. The van der Waals surface area contributed by atoms with Gasteiger partial charge in [-0.25, -0.2) is 13.1 Å². The molecule has 0 unspecified atom stereocenters. The molecule has 1 spiro atoms. The van der Waals surface area contributed by atoms with Gasteiger partial charge in [0.15, 0.2) is 0 Å². The summed E-state index contributed by atoms with van der Waals surface area (Å²) in [6, 6.07) is 2.18. The normalized spacial score (nSPS) is 30.1. The summed E-state index contributed by atoms with van der Waals surface area (Å²) < 4.78 is 31.4. The number of nitrogens with zero attached hydrogens (tertiary/aromatic N) is 1. The molecule has 3 heterocycles. The van der Waals surface area contributed by atoms with Gasteiger partial charge >= 0.3 is 0 Å². The number of sulfonamides is 1. The minimum Gasteiger partial charge on any atom is -0.369 e. The van der Waals surface area contributed by atoms with Crippen molar-refractivity contribution in [3.63, 3.8) is 0 Å². The average molecular weight is 345 g/mol. The quantitative estimate of drug-likeness (QED) is 0.885. The minimum absolute atomic E-state index is 0.00423. The van der Waals surface area contributed by atoms with Crippen LogP contribution >= 0.6 is 11.3 Å². The van der Waals surface area contributed by atoms with Gasteiger partial charge in [0.25, 0.3) is 0 Å². The third-order valence-electron chi connectivity index (χ3n) is 4.53. The van der Waals surface area contributed by atoms with Gasteiger partial charge in [-0.15, -0.1) is 0 Å². The van der Waals surface area contributed by atoms with Crippen LogP contribution in [0.5, 0.6) is 0 Å². The van der Waals surface area contributed by atoms with Crippen molar-refractivity contribution < 1.29 is 13.2 Å². The second kappa shape index (κ2) is 6.57. The Morgan fingerprint density at radius 3 is 3.09 bits per heavy atom. The summed E-state index contributed by atoms with van der Waals surface area (Å²) in [6.45, 7) is 3.40. The zero-order valence-electron chi connectivity index (χ0n) is 13.0. The Kier molecular flexibility index (Phi) is 4.89. The van der Waals surface area contributed by atoms with Crippen molar-refractivity contribution in [2.45, 2.75) is 43.9 Å². The molecule has 2 fully saturated rings. The number of hydrogen-bond acceptors (Lipinski definition) is 5. The highest BCUT2D eigenvalue weighted by atomic mass is 32.2. The van der Waals surface area contributed by atoms with Crippen molar-refractivity contribution in [3.05, 3.63) is 22.4 Å². The minimum atomic E-state index is -3.14. The fourth-order valence-electron chi connectivity index (χ4n) is 3.51. The van der Waals surface area contributed by atoms with Crippen LogP contribution in [0.25, 0.3) is 0 Å². The largest absolute Gasteiger partial charge is 0.369 e. The third-order valence-corrected chi connectivity index (χ3v) is 5.95. The van der Waals surface area contributed by atoms with E-state index in [0.717, 1.165) is 45.3 Å². The van der Waals surface area contributed by atoms with Gasteiger partial charge in [0.05, 0.1) is 18.0 Å². The topological polar surface area (TPSA) is 58.6 Å². The Hall–Kier alpha value is -0.470. The highest BCUT2D eigenvalue weighted by molar-refractivity contribution is 7.88. The van der Waals surface area contributed by atoms with Crippen LogP contribution in [0.4, 0.5) is 0 Å².